The summed E-state index contributed by atoms with van der Waals surface area (Å²) in [4.78, 5) is 4.63. The number of nitrogen functional groups attached to an aromatic ring is 1. The SMILES string of the molecule is Cc1cc(Nc2cccc(N)c2)c2cccc(C)c2n1. The number of aryl methyl sites for hydroxylation is 2. The molecule has 0 radical (unpaired) electrons. The zero-order chi connectivity index (χ0) is 14.1. The molecule has 3 N–H and O–H groups in total. The van der Waals surface area contributed by atoms with E-state index in [1.165, 1.54) is 5.56 Å². The van der Waals surface area contributed by atoms with Crippen LogP contribution in [0.25, 0.3) is 10.9 Å². The highest BCUT2D eigenvalue weighted by molar-refractivity contribution is 5.95. The largest absolute Gasteiger partial charge is 0.399 e. The molecule has 0 spiro atoms. The van der Waals surface area contributed by atoms with Crippen molar-refractivity contribution in [3.63, 3.8) is 0 Å². The van der Waals surface area contributed by atoms with Crippen LogP contribution in [-0.4, -0.2) is 4.98 Å². The topological polar surface area (TPSA) is 50.9 Å². The number of nitrogens with zero attached hydrogens (tertiary/aromatic N) is 1. The Morgan fingerprint density at radius 2 is 1.80 bits per heavy atom. The lowest BCUT2D eigenvalue weighted by atomic mass is 10.1. The van der Waals surface area contributed by atoms with E-state index in [1.807, 2.05) is 31.2 Å². The van der Waals surface area contributed by atoms with Crippen molar-refractivity contribution in [3.05, 3.63) is 59.8 Å². The number of rotatable bonds is 2. The number of hydrogen-bond donors (Lipinski definition) is 2. The fourth-order valence-electron chi connectivity index (χ4n) is 2.40. The van der Waals surface area contributed by atoms with E-state index in [0.717, 1.165) is 33.7 Å². The Bertz CT molecular complexity index is 778. The lowest BCUT2D eigenvalue weighted by molar-refractivity contribution is 1.24. The van der Waals surface area contributed by atoms with Gasteiger partial charge in [0, 0.05) is 28.1 Å². The lowest BCUT2D eigenvalue weighted by Crippen LogP contribution is -1.96. The molecule has 2 aromatic carbocycles. The molecule has 0 fully saturated rings. The molecule has 0 aliphatic rings. The van der Waals surface area contributed by atoms with Crippen molar-refractivity contribution in [1.82, 2.24) is 4.98 Å². The van der Waals surface area contributed by atoms with Crippen LogP contribution < -0.4 is 11.1 Å². The van der Waals surface area contributed by atoms with E-state index in [1.54, 1.807) is 0 Å². The summed E-state index contributed by atoms with van der Waals surface area (Å²) in [5, 5.41) is 4.56. The maximum atomic E-state index is 5.83. The highest BCUT2D eigenvalue weighted by Gasteiger charge is 2.06. The first-order valence-electron chi connectivity index (χ1n) is 6.63. The van der Waals surface area contributed by atoms with Crippen LogP contribution in [0.5, 0.6) is 0 Å². The predicted octanol–water partition coefficient (Wildman–Crippen LogP) is 4.18. The Balaban J connectivity index is 2.14. The summed E-state index contributed by atoms with van der Waals surface area (Å²) >= 11 is 0. The molecule has 0 saturated carbocycles. The molecular weight excluding hydrogens is 246 g/mol. The minimum Gasteiger partial charge on any atom is -0.399 e. The number of pyridine rings is 1. The van der Waals surface area contributed by atoms with Gasteiger partial charge in [0.15, 0.2) is 0 Å². The smallest absolute Gasteiger partial charge is 0.0755 e. The summed E-state index contributed by atoms with van der Waals surface area (Å²) in [6, 6.07) is 16.0. The quantitative estimate of drug-likeness (QED) is 0.682. The summed E-state index contributed by atoms with van der Waals surface area (Å²) in [6.45, 7) is 4.09. The van der Waals surface area contributed by atoms with E-state index in [4.69, 9.17) is 5.73 Å². The van der Waals surface area contributed by atoms with Crippen molar-refractivity contribution >= 4 is 28.0 Å². The van der Waals surface area contributed by atoms with E-state index >= 15 is 0 Å². The average Bonchev–Trinajstić information content (AvgIpc) is 2.40. The van der Waals surface area contributed by atoms with Gasteiger partial charge in [0.05, 0.1) is 5.52 Å². The van der Waals surface area contributed by atoms with E-state index in [0.29, 0.717) is 0 Å². The molecule has 1 aromatic heterocycles. The minimum absolute atomic E-state index is 0.751. The Morgan fingerprint density at radius 1 is 1.00 bits per heavy atom. The lowest BCUT2D eigenvalue weighted by Gasteiger charge is -2.12. The molecule has 0 aliphatic heterocycles. The Hall–Kier alpha value is -2.55. The molecule has 0 amide bonds. The third-order valence-electron chi connectivity index (χ3n) is 3.33. The van der Waals surface area contributed by atoms with Gasteiger partial charge in [0.25, 0.3) is 0 Å². The summed E-state index contributed by atoms with van der Waals surface area (Å²) in [5.74, 6) is 0. The molecule has 100 valence electrons. The maximum Gasteiger partial charge on any atom is 0.0755 e. The molecule has 0 saturated heterocycles. The Labute approximate surface area is 118 Å². The molecule has 0 unspecified atom stereocenters. The monoisotopic (exact) mass is 263 g/mol. The second kappa shape index (κ2) is 4.85. The van der Waals surface area contributed by atoms with Gasteiger partial charge in [-0.05, 0) is 43.7 Å². The van der Waals surface area contributed by atoms with Crippen LogP contribution in [0.1, 0.15) is 11.3 Å². The highest BCUT2D eigenvalue weighted by atomic mass is 14.9. The van der Waals surface area contributed by atoms with Gasteiger partial charge in [-0.25, -0.2) is 0 Å². The number of para-hydroxylation sites is 1. The normalized spacial score (nSPS) is 10.7. The van der Waals surface area contributed by atoms with E-state index in [-0.39, 0.29) is 0 Å². The molecule has 0 aliphatic carbocycles. The second-order valence-electron chi connectivity index (χ2n) is 5.03. The van der Waals surface area contributed by atoms with E-state index < -0.39 is 0 Å². The fourth-order valence-corrected chi connectivity index (χ4v) is 2.40. The van der Waals surface area contributed by atoms with Crippen molar-refractivity contribution in [3.8, 4) is 0 Å². The first kappa shape index (κ1) is 12.5. The number of aromatic nitrogens is 1. The van der Waals surface area contributed by atoms with Crippen molar-refractivity contribution in [2.75, 3.05) is 11.1 Å². The summed E-state index contributed by atoms with van der Waals surface area (Å²) in [6.07, 6.45) is 0. The fraction of sp³-hybridized carbons (Fsp3) is 0.118. The second-order valence-corrected chi connectivity index (χ2v) is 5.03. The van der Waals surface area contributed by atoms with Crippen LogP contribution in [0.15, 0.2) is 48.5 Å². The van der Waals surface area contributed by atoms with E-state index in [2.05, 4.69) is 41.5 Å². The molecule has 3 aromatic rings. The van der Waals surface area contributed by atoms with Crippen molar-refractivity contribution < 1.29 is 0 Å². The third kappa shape index (κ3) is 2.30. The van der Waals surface area contributed by atoms with Crippen molar-refractivity contribution in [1.29, 1.82) is 0 Å². The zero-order valence-electron chi connectivity index (χ0n) is 11.6. The third-order valence-corrected chi connectivity index (χ3v) is 3.33. The summed E-state index contributed by atoms with van der Waals surface area (Å²) in [5.41, 5.74) is 11.8. The van der Waals surface area contributed by atoms with Gasteiger partial charge in [-0.2, -0.15) is 0 Å². The number of nitrogens with one attached hydrogen (secondary N) is 1. The van der Waals surface area contributed by atoms with Crippen molar-refractivity contribution in [2.45, 2.75) is 13.8 Å². The standard InChI is InChI=1S/C17H17N3/c1-11-5-3-8-15-16(9-12(2)19-17(11)15)20-14-7-4-6-13(18)10-14/h3-10H,18H2,1-2H3,(H,19,20). The summed E-state index contributed by atoms with van der Waals surface area (Å²) < 4.78 is 0. The molecule has 1 heterocycles. The van der Waals surface area contributed by atoms with Gasteiger partial charge in [-0.15, -0.1) is 0 Å². The molecule has 20 heavy (non-hydrogen) atoms. The molecule has 0 atom stereocenters. The van der Waals surface area contributed by atoms with Gasteiger partial charge in [0.1, 0.15) is 0 Å². The molecule has 3 rings (SSSR count). The van der Waals surface area contributed by atoms with Gasteiger partial charge in [-0.3, -0.25) is 4.98 Å². The molecule has 3 heteroatoms. The molecule has 0 bridgehead atoms. The Morgan fingerprint density at radius 3 is 2.60 bits per heavy atom. The Kier molecular flexibility index (Phi) is 3.03. The minimum atomic E-state index is 0.751. The number of fused-ring (bicyclic) bond motifs is 1. The molecular formula is C17H17N3. The van der Waals surface area contributed by atoms with Crippen LogP contribution in [0, 0.1) is 13.8 Å². The van der Waals surface area contributed by atoms with Crippen LogP contribution in [-0.2, 0) is 0 Å². The zero-order valence-corrected chi connectivity index (χ0v) is 11.6. The van der Waals surface area contributed by atoms with Crippen LogP contribution >= 0.6 is 0 Å². The highest BCUT2D eigenvalue weighted by Crippen LogP contribution is 2.28. The summed E-state index contributed by atoms with van der Waals surface area (Å²) in [7, 11) is 0. The number of nitrogens with two attached hydrogens (primary N) is 1. The predicted molar refractivity (Wildman–Crippen MR) is 85.4 cm³/mol. The van der Waals surface area contributed by atoms with Gasteiger partial charge < -0.3 is 11.1 Å². The number of hydrogen-bond acceptors (Lipinski definition) is 3. The first-order valence-corrected chi connectivity index (χ1v) is 6.63. The first-order chi connectivity index (χ1) is 9.63. The van der Waals surface area contributed by atoms with Gasteiger partial charge in [0.2, 0.25) is 0 Å². The average molecular weight is 263 g/mol. The number of benzene rings is 2. The van der Waals surface area contributed by atoms with Crippen molar-refractivity contribution in [2.24, 2.45) is 0 Å². The maximum absolute atomic E-state index is 5.83. The van der Waals surface area contributed by atoms with Gasteiger partial charge >= 0.3 is 0 Å². The van der Waals surface area contributed by atoms with Crippen LogP contribution in [0.4, 0.5) is 17.1 Å². The van der Waals surface area contributed by atoms with E-state index in [9.17, 15) is 0 Å². The molecule has 3 nitrogen and oxygen atoms in total. The van der Waals surface area contributed by atoms with Gasteiger partial charge in [-0.1, -0.05) is 24.3 Å². The van der Waals surface area contributed by atoms with Crippen LogP contribution in [0.3, 0.4) is 0 Å². The number of anilines is 3. The van der Waals surface area contributed by atoms with Crippen LogP contribution in [0.2, 0.25) is 0 Å².